The summed E-state index contributed by atoms with van der Waals surface area (Å²) in [6.07, 6.45) is 2.39. The number of hydrogen-bond donors (Lipinski definition) is 2. The Balaban J connectivity index is 1.43. The van der Waals surface area contributed by atoms with E-state index in [-0.39, 0.29) is 5.91 Å². The molecule has 1 amide bonds. The molecule has 1 fully saturated rings. The van der Waals surface area contributed by atoms with Gasteiger partial charge in [-0.1, -0.05) is 29.2 Å². The molecule has 3 rings (SSSR count). The number of nitrogens with zero attached hydrogens (tertiary/aromatic N) is 2. The van der Waals surface area contributed by atoms with Gasteiger partial charge in [0.1, 0.15) is 0 Å². The van der Waals surface area contributed by atoms with Gasteiger partial charge in [0.25, 0.3) is 0 Å². The number of rotatable bonds is 9. The van der Waals surface area contributed by atoms with E-state index in [0.717, 1.165) is 15.0 Å². The van der Waals surface area contributed by atoms with Crippen LogP contribution in [0, 0.1) is 0 Å². The maximum absolute atomic E-state index is 12.0. The first-order chi connectivity index (χ1) is 12.2. The molecule has 1 aliphatic carbocycles. The predicted molar refractivity (Wildman–Crippen MR) is 98.7 cm³/mol. The lowest BCUT2D eigenvalue weighted by Gasteiger charge is -2.10. The monoisotopic (exact) mass is 380 g/mol. The molecule has 134 valence electrons. The van der Waals surface area contributed by atoms with E-state index < -0.39 is 0 Å². The topological polar surface area (TPSA) is 85.4 Å². The van der Waals surface area contributed by atoms with Crippen LogP contribution in [0.2, 0.25) is 0 Å². The Morgan fingerprint density at radius 1 is 1.28 bits per heavy atom. The highest BCUT2D eigenvalue weighted by molar-refractivity contribution is 8.01. The molecule has 0 atom stereocenters. The van der Waals surface area contributed by atoms with Crippen molar-refractivity contribution < 1.29 is 14.3 Å². The average molecular weight is 380 g/mol. The van der Waals surface area contributed by atoms with Gasteiger partial charge in [-0.2, -0.15) is 0 Å². The van der Waals surface area contributed by atoms with Gasteiger partial charge in [-0.25, -0.2) is 0 Å². The molecule has 25 heavy (non-hydrogen) atoms. The zero-order valence-corrected chi connectivity index (χ0v) is 15.7. The molecule has 1 saturated carbocycles. The zero-order valence-electron chi connectivity index (χ0n) is 14.1. The summed E-state index contributed by atoms with van der Waals surface area (Å²) in [7, 11) is 3.18. The normalized spacial score (nSPS) is 13.4. The van der Waals surface area contributed by atoms with Crippen molar-refractivity contribution in [2.24, 2.45) is 0 Å². The summed E-state index contributed by atoms with van der Waals surface area (Å²) in [6.45, 7) is 0.435. The Hall–Kier alpha value is -2.00. The van der Waals surface area contributed by atoms with E-state index in [1.54, 1.807) is 14.2 Å². The lowest BCUT2D eigenvalue weighted by molar-refractivity contribution is -0.118. The quantitative estimate of drug-likeness (QED) is 0.647. The van der Waals surface area contributed by atoms with Crippen molar-refractivity contribution >= 4 is 34.1 Å². The number of hydrogen-bond acceptors (Lipinski definition) is 8. The lowest BCUT2D eigenvalue weighted by Crippen LogP contribution is -2.24. The molecular formula is C16H20N4O3S2. The van der Waals surface area contributed by atoms with Crippen LogP contribution >= 0.6 is 23.1 Å². The van der Waals surface area contributed by atoms with Gasteiger partial charge >= 0.3 is 0 Å². The average Bonchev–Trinajstić information content (AvgIpc) is 3.34. The number of benzene rings is 1. The molecule has 0 bridgehead atoms. The maximum Gasteiger partial charge on any atom is 0.230 e. The molecule has 2 N–H and O–H groups in total. The van der Waals surface area contributed by atoms with Crippen LogP contribution in [-0.4, -0.2) is 42.1 Å². The van der Waals surface area contributed by atoms with Gasteiger partial charge in [-0.3, -0.25) is 4.79 Å². The van der Waals surface area contributed by atoms with Gasteiger partial charge in [-0.15, -0.1) is 10.2 Å². The smallest absolute Gasteiger partial charge is 0.230 e. The summed E-state index contributed by atoms with van der Waals surface area (Å²) in [5, 5.41) is 15.2. The van der Waals surface area contributed by atoms with Crippen LogP contribution in [0.25, 0.3) is 0 Å². The molecule has 0 saturated heterocycles. The van der Waals surface area contributed by atoms with Crippen molar-refractivity contribution in [3.05, 3.63) is 23.8 Å². The van der Waals surface area contributed by atoms with E-state index in [1.807, 2.05) is 18.2 Å². The van der Waals surface area contributed by atoms with Crippen LogP contribution in [-0.2, 0) is 11.3 Å². The highest BCUT2D eigenvalue weighted by atomic mass is 32.2. The van der Waals surface area contributed by atoms with Crippen molar-refractivity contribution in [2.45, 2.75) is 29.8 Å². The van der Waals surface area contributed by atoms with Crippen LogP contribution in [0.15, 0.2) is 22.5 Å². The number of amides is 1. The highest BCUT2D eigenvalue weighted by Crippen LogP contribution is 2.30. The van der Waals surface area contributed by atoms with E-state index >= 15 is 0 Å². The molecule has 0 aliphatic heterocycles. The van der Waals surface area contributed by atoms with Crippen LogP contribution in [0.3, 0.4) is 0 Å². The SMILES string of the molecule is COc1ccc(CNC(=O)CSc2nnc(NC3CC3)s2)cc1OC. The third-order valence-electron chi connectivity index (χ3n) is 3.58. The van der Waals surface area contributed by atoms with Crippen LogP contribution in [0.4, 0.5) is 5.13 Å². The minimum Gasteiger partial charge on any atom is -0.493 e. The van der Waals surface area contributed by atoms with Crippen LogP contribution < -0.4 is 20.1 Å². The molecule has 2 aromatic rings. The standard InChI is InChI=1S/C16H20N4O3S2/c1-22-12-6-3-10(7-13(12)23-2)8-17-14(21)9-24-16-20-19-15(25-16)18-11-4-5-11/h3,6-7,11H,4-5,8-9H2,1-2H3,(H,17,21)(H,18,19). The second-order valence-electron chi connectivity index (χ2n) is 5.55. The molecule has 1 aromatic heterocycles. The van der Waals surface area contributed by atoms with Crippen molar-refractivity contribution in [3.63, 3.8) is 0 Å². The number of methoxy groups -OCH3 is 2. The molecule has 0 unspecified atom stereocenters. The summed E-state index contributed by atoms with van der Waals surface area (Å²) in [5.41, 5.74) is 0.947. The molecule has 1 aliphatic rings. The number of anilines is 1. The Bertz CT molecular complexity index is 734. The third kappa shape index (κ3) is 5.23. The third-order valence-corrected chi connectivity index (χ3v) is 5.56. The molecule has 7 nitrogen and oxygen atoms in total. The van der Waals surface area contributed by atoms with Crippen molar-refractivity contribution in [2.75, 3.05) is 25.3 Å². The van der Waals surface area contributed by atoms with Crippen molar-refractivity contribution in [1.82, 2.24) is 15.5 Å². The fourth-order valence-electron chi connectivity index (χ4n) is 2.10. The summed E-state index contributed by atoms with van der Waals surface area (Å²) >= 11 is 2.88. The number of nitrogens with one attached hydrogen (secondary N) is 2. The van der Waals surface area contributed by atoms with Crippen molar-refractivity contribution in [3.8, 4) is 11.5 Å². The van der Waals surface area contributed by atoms with Gasteiger partial charge in [-0.05, 0) is 30.5 Å². The lowest BCUT2D eigenvalue weighted by atomic mass is 10.2. The predicted octanol–water partition coefficient (Wildman–Crippen LogP) is 2.54. The Morgan fingerprint density at radius 3 is 2.80 bits per heavy atom. The maximum atomic E-state index is 12.0. The van der Waals surface area contributed by atoms with Gasteiger partial charge in [0.2, 0.25) is 11.0 Å². The minimum absolute atomic E-state index is 0.0494. The number of thioether (sulfide) groups is 1. The summed E-state index contributed by atoms with van der Waals surface area (Å²) < 4.78 is 11.3. The minimum atomic E-state index is -0.0494. The van der Waals surface area contributed by atoms with Gasteiger partial charge in [0, 0.05) is 12.6 Å². The van der Waals surface area contributed by atoms with Crippen LogP contribution in [0.5, 0.6) is 11.5 Å². The fraction of sp³-hybridized carbons (Fsp3) is 0.438. The molecule has 9 heteroatoms. The van der Waals surface area contributed by atoms with Gasteiger partial charge in [0.05, 0.1) is 20.0 Å². The van der Waals surface area contributed by atoms with E-state index in [1.165, 1.54) is 35.9 Å². The largest absolute Gasteiger partial charge is 0.493 e. The fourth-order valence-corrected chi connectivity index (χ4v) is 3.76. The molecular weight excluding hydrogens is 360 g/mol. The number of ether oxygens (including phenoxy) is 2. The summed E-state index contributed by atoms with van der Waals surface area (Å²) in [5.74, 6) is 1.57. The van der Waals surface area contributed by atoms with E-state index in [4.69, 9.17) is 9.47 Å². The number of carbonyl (C=O) groups excluding carboxylic acids is 1. The van der Waals surface area contributed by atoms with E-state index in [2.05, 4.69) is 20.8 Å². The van der Waals surface area contributed by atoms with E-state index in [9.17, 15) is 4.79 Å². The second-order valence-corrected chi connectivity index (χ2v) is 7.75. The number of carbonyl (C=O) groups is 1. The first-order valence-electron chi connectivity index (χ1n) is 7.88. The Kier molecular flexibility index (Phi) is 5.98. The summed E-state index contributed by atoms with van der Waals surface area (Å²) in [6, 6.07) is 6.13. The first kappa shape index (κ1) is 17.8. The first-order valence-corrected chi connectivity index (χ1v) is 9.68. The van der Waals surface area contributed by atoms with E-state index in [0.29, 0.717) is 29.8 Å². The molecule has 1 heterocycles. The number of aromatic nitrogens is 2. The van der Waals surface area contributed by atoms with Crippen LogP contribution in [0.1, 0.15) is 18.4 Å². The zero-order chi connectivity index (χ0) is 17.6. The Labute approximate surface area is 154 Å². The van der Waals surface area contributed by atoms with Gasteiger partial charge in [0.15, 0.2) is 15.8 Å². The molecule has 1 aromatic carbocycles. The summed E-state index contributed by atoms with van der Waals surface area (Å²) in [4.78, 5) is 12.0. The molecule has 0 spiro atoms. The highest BCUT2D eigenvalue weighted by Gasteiger charge is 2.22. The molecule has 0 radical (unpaired) electrons. The second kappa shape index (κ2) is 8.39. The Morgan fingerprint density at radius 2 is 2.08 bits per heavy atom. The van der Waals surface area contributed by atoms with Gasteiger partial charge < -0.3 is 20.1 Å². The van der Waals surface area contributed by atoms with Crippen molar-refractivity contribution in [1.29, 1.82) is 0 Å².